The summed E-state index contributed by atoms with van der Waals surface area (Å²) in [6.45, 7) is 4.35. The van der Waals surface area contributed by atoms with Crippen LogP contribution in [0.2, 0.25) is 0 Å². The Morgan fingerprint density at radius 1 is 0.976 bits per heavy atom. The van der Waals surface area contributed by atoms with Crippen molar-refractivity contribution in [3.8, 4) is 0 Å². The zero-order valence-corrected chi connectivity index (χ0v) is 23.3. The minimum atomic E-state index is -4.43. The van der Waals surface area contributed by atoms with E-state index >= 15 is 0 Å². The predicted octanol–water partition coefficient (Wildman–Crippen LogP) is 4.42. The van der Waals surface area contributed by atoms with Crippen LogP contribution in [0.3, 0.4) is 0 Å². The molecular weight excluding hydrogens is 545 g/mol. The van der Waals surface area contributed by atoms with Gasteiger partial charge in [0.15, 0.2) is 5.65 Å². The van der Waals surface area contributed by atoms with Crippen molar-refractivity contribution < 1.29 is 18.0 Å². The fourth-order valence-corrected chi connectivity index (χ4v) is 6.28. The fourth-order valence-electron chi connectivity index (χ4n) is 6.28. The number of benzene rings is 1. The molecular formula is C30H31F3N8O. The summed E-state index contributed by atoms with van der Waals surface area (Å²) in [4.78, 5) is 32.7. The monoisotopic (exact) mass is 576 g/mol. The first-order chi connectivity index (χ1) is 20.3. The van der Waals surface area contributed by atoms with E-state index in [1.54, 1.807) is 35.5 Å². The van der Waals surface area contributed by atoms with Gasteiger partial charge in [-0.1, -0.05) is 0 Å². The molecule has 5 heterocycles. The normalized spacial score (nSPS) is 19.3. The summed E-state index contributed by atoms with van der Waals surface area (Å²) in [6, 6.07) is 6.41. The van der Waals surface area contributed by atoms with Gasteiger partial charge in [0.2, 0.25) is 5.91 Å². The van der Waals surface area contributed by atoms with E-state index in [-0.39, 0.29) is 24.9 Å². The molecule has 1 saturated carbocycles. The van der Waals surface area contributed by atoms with Crippen LogP contribution in [0.1, 0.15) is 48.2 Å². The number of carbonyl (C=O) groups excluding carboxylic acids is 1. The molecule has 2 aliphatic heterocycles. The molecule has 0 N–H and O–H groups in total. The summed E-state index contributed by atoms with van der Waals surface area (Å²) in [5, 5.41) is 5.20. The molecule has 7 rings (SSSR count). The van der Waals surface area contributed by atoms with Crippen LogP contribution in [-0.4, -0.2) is 67.8 Å². The number of fused-ring (bicyclic) bond motifs is 2. The highest BCUT2D eigenvalue weighted by Crippen LogP contribution is 2.41. The SMILES string of the molecule is C[C@@H]1CN(c2ccc(C(F)(F)F)c3c2CN(c2cnc(C4CC4)nc2)CC3)CCN1C(=O)Cn1ncc2cccnc21. The Balaban J connectivity index is 1.12. The minimum Gasteiger partial charge on any atom is -0.367 e. The van der Waals surface area contributed by atoms with Gasteiger partial charge in [0.05, 0.1) is 29.8 Å². The molecule has 0 radical (unpaired) electrons. The third-order valence-electron chi connectivity index (χ3n) is 8.63. The molecule has 1 amide bonds. The second-order valence-electron chi connectivity index (χ2n) is 11.4. The van der Waals surface area contributed by atoms with Gasteiger partial charge in [-0.2, -0.15) is 18.3 Å². The van der Waals surface area contributed by atoms with Crippen molar-refractivity contribution in [2.75, 3.05) is 36.0 Å². The van der Waals surface area contributed by atoms with Crippen molar-refractivity contribution in [2.45, 2.75) is 57.4 Å². The summed E-state index contributed by atoms with van der Waals surface area (Å²) in [5.74, 6) is 1.22. The lowest BCUT2D eigenvalue weighted by Crippen LogP contribution is -2.55. The Bertz CT molecular complexity index is 1630. The number of pyridine rings is 1. The van der Waals surface area contributed by atoms with Crippen LogP contribution in [0.15, 0.2) is 49.1 Å². The Labute approximate surface area is 241 Å². The van der Waals surface area contributed by atoms with E-state index in [1.807, 2.05) is 24.0 Å². The van der Waals surface area contributed by atoms with E-state index in [4.69, 9.17) is 0 Å². The van der Waals surface area contributed by atoms with Crippen molar-refractivity contribution in [1.82, 2.24) is 29.6 Å². The van der Waals surface area contributed by atoms with Gasteiger partial charge in [0, 0.05) is 62.0 Å². The van der Waals surface area contributed by atoms with Gasteiger partial charge in [0.1, 0.15) is 12.4 Å². The number of alkyl halides is 3. The van der Waals surface area contributed by atoms with Crippen LogP contribution >= 0.6 is 0 Å². The zero-order valence-electron chi connectivity index (χ0n) is 23.3. The van der Waals surface area contributed by atoms with E-state index in [0.717, 1.165) is 35.4 Å². The summed E-state index contributed by atoms with van der Waals surface area (Å²) in [7, 11) is 0. The quantitative estimate of drug-likeness (QED) is 0.348. The first kappa shape index (κ1) is 26.7. The van der Waals surface area contributed by atoms with Gasteiger partial charge >= 0.3 is 6.18 Å². The number of halogens is 3. The summed E-state index contributed by atoms with van der Waals surface area (Å²) < 4.78 is 43.8. The number of aromatic nitrogens is 5. The lowest BCUT2D eigenvalue weighted by molar-refractivity contribution is -0.138. The topological polar surface area (TPSA) is 83.3 Å². The molecule has 0 spiro atoms. The van der Waals surface area contributed by atoms with E-state index < -0.39 is 11.7 Å². The first-order valence-corrected chi connectivity index (χ1v) is 14.4. The summed E-state index contributed by atoms with van der Waals surface area (Å²) >= 11 is 0. The van der Waals surface area contributed by atoms with E-state index in [2.05, 4.69) is 29.9 Å². The lowest BCUT2D eigenvalue weighted by Gasteiger charge is -2.43. The van der Waals surface area contributed by atoms with Crippen molar-refractivity contribution in [2.24, 2.45) is 0 Å². The molecule has 218 valence electrons. The molecule has 3 aliphatic rings. The van der Waals surface area contributed by atoms with Gasteiger partial charge in [-0.05, 0) is 61.6 Å². The minimum absolute atomic E-state index is 0.0620. The maximum absolute atomic E-state index is 14.0. The maximum Gasteiger partial charge on any atom is 0.416 e. The van der Waals surface area contributed by atoms with Crippen molar-refractivity contribution in [3.63, 3.8) is 0 Å². The second-order valence-corrected chi connectivity index (χ2v) is 11.4. The molecule has 1 aliphatic carbocycles. The number of piperazine rings is 1. The van der Waals surface area contributed by atoms with Crippen LogP contribution in [-0.2, 0) is 30.5 Å². The molecule has 0 unspecified atom stereocenters. The maximum atomic E-state index is 14.0. The largest absolute Gasteiger partial charge is 0.416 e. The van der Waals surface area contributed by atoms with Gasteiger partial charge < -0.3 is 14.7 Å². The molecule has 4 aromatic rings. The number of nitrogens with zero attached hydrogens (tertiary/aromatic N) is 8. The predicted molar refractivity (Wildman–Crippen MR) is 151 cm³/mol. The first-order valence-electron chi connectivity index (χ1n) is 14.4. The molecule has 1 atom stereocenters. The number of hydrogen-bond donors (Lipinski definition) is 0. The Morgan fingerprint density at radius 2 is 1.79 bits per heavy atom. The molecule has 2 fully saturated rings. The Morgan fingerprint density at radius 3 is 2.52 bits per heavy atom. The van der Waals surface area contributed by atoms with Crippen LogP contribution in [0, 0.1) is 0 Å². The number of amides is 1. The average molecular weight is 577 g/mol. The third kappa shape index (κ3) is 4.92. The fraction of sp³-hybridized carbons (Fsp3) is 0.433. The standard InChI is InChI=1S/C30H31F3N8O/c1-19-16-39(11-12-40(19)27(42)18-41-29-21(13-37-41)3-2-9-34-29)26-7-6-25(30(31,32)33)23-8-10-38(17-24(23)26)22-14-35-28(36-15-22)20-4-5-20/h2-3,6-7,9,13-15,19-20H,4-5,8,10-12,16-18H2,1H3/t19-/m1/s1. The van der Waals surface area contributed by atoms with Crippen molar-refractivity contribution in [1.29, 1.82) is 0 Å². The summed E-state index contributed by atoms with van der Waals surface area (Å²) in [5.41, 5.74) is 2.74. The van der Waals surface area contributed by atoms with Crippen LogP contribution in [0.4, 0.5) is 24.5 Å². The van der Waals surface area contributed by atoms with E-state index in [1.165, 1.54) is 6.07 Å². The Kier molecular flexibility index (Phi) is 6.51. The van der Waals surface area contributed by atoms with Crippen molar-refractivity contribution >= 4 is 28.3 Å². The molecule has 9 nitrogen and oxygen atoms in total. The van der Waals surface area contributed by atoms with Gasteiger partial charge in [0.25, 0.3) is 0 Å². The van der Waals surface area contributed by atoms with Gasteiger partial charge in [-0.25, -0.2) is 19.6 Å². The van der Waals surface area contributed by atoms with Gasteiger partial charge in [-0.3, -0.25) is 4.79 Å². The number of anilines is 2. The molecule has 3 aromatic heterocycles. The lowest BCUT2D eigenvalue weighted by atomic mass is 9.91. The smallest absolute Gasteiger partial charge is 0.367 e. The zero-order chi connectivity index (χ0) is 29.0. The summed E-state index contributed by atoms with van der Waals surface area (Å²) in [6.07, 6.45) is 5.03. The van der Waals surface area contributed by atoms with Crippen LogP contribution in [0.5, 0.6) is 0 Å². The molecule has 1 saturated heterocycles. The molecule has 0 bridgehead atoms. The number of hydrogen-bond acceptors (Lipinski definition) is 7. The van der Waals surface area contributed by atoms with E-state index in [9.17, 15) is 18.0 Å². The highest BCUT2D eigenvalue weighted by atomic mass is 19.4. The molecule has 42 heavy (non-hydrogen) atoms. The van der Waals surface area contributed by atoms with Crippen LogP contribution < -0.4 is 9.80 Å². The Hall–Kier alpha value is -4.22. The highest BCUT2D eigenvalue weighted by molar-refractivity contribution is 5.80. The second kappa shape index (κ2) is 10.2. The number of carbonyl (C=O) groups is 1. The van der Waals surface area contributed by atoms with Crippen LogP contribution in [0.25, 0.3) is 11.0 Å². The van der Waals surface area contributed by atoms with Gasteiger partial charge in [-0.15, -0.1) is 0 Å². The number of rotatable bonds is 5. The average Bonchev–Trinajstić information content (AvgIpc) is 3.77. The van der Waals surface area contributed by atoms with E-state index in [0.29, 0.717) is 55.4 Å². The highest BCUT2D eigenvalue weighted by Gasteiger charge is 2.38. The molecule has 12 heteroatoms. The third-order valence-corrected chi connectivity index (χ3v) is 8.63. The molecule has 1 aromatic carbocycles. The van der Waals surface area contributed by atoms with Crippen molar-refractivity contribution in [3.05, 3.63) is 71.6 Å².